The zero-order chi connectivity index (χ0) is 11.5. The number of fused-ring (bicyclic) bond motifs is 1. The van der Waals surface area contributed by atoms with E-state index in [9.17, 15) is 0 Å². The van der Waals surface area contributed by atoms with Gasteiger partial charge in [-0.25, -0.2) is 0 Å². The molecule has 0 spiro atoms. The highest BCUT2D eigenvalue weighted by Crippen LogP contribution is 2.33. The van der Waals surface area contributed by atoms with Crippen molar-refractivity contribution in [1.82, 2.24) is 5.32 Å². The SMILES string of the molecule is CCC(C)N1CCNCc2cccc(Br)c21. The standard InChI is InChI=1S/C13H19BrN2/c1-3-10(2)16-8-7-15-9-11-5-4-6-12(14)13(11)16/h4-6,10,15H,3,7-9H2,1-2H3. The van der Waals surface area contributed by atoms with Crippen LogP contribution in [0.5, 0.6) is 0 Å². The Bertz CT molecular complexity index is 365. The van der Waals surface area contributed by atoms with Crippen LogP contribution in [0.1, 0.15) is 25.8 Å². The summed E-state index contributed by atoms with van der Waals surface area (Å²) < 4.78 is 1.22. The molecular weight excluding hydrogens is 264 g/mol. The molecule has 3 heteroatoms. The van der Waals surface area contributed by atoms with E-state index in [4.69, 9.17) is 0 Å². The van der Waals surface area contributed by atoms with Gasteiger partial charge in [-0.1, -0.05) is 19.1 Å². The van der Waals surface area contributed by atoms with Gasteiger partial charge in [0, 0.05) is 30.1 Å². The van der Waals surface area contributed by atoms with Crippen LogP contribution in [-0.2, 0) is 6.54 Å². The van der Waals surface area contributed by atoms with Crippen LogP contribution in [0, 0.1) is 0 Å². The second-order valence-corrected chi connectivity index (χ2v) is 5.23. The molecule has 0 aliphatic carbocycles. The number of rotatable bonds is 2. The van der Waals surface area contributed by atoms with Crippen molar-refractivity contribution in [1.29, 1.82) is 0 Å². The zero-order valence-electron chi connectivity index (χ0n) is 9.96. The summed E-state index contributed by atoms with van der Waals surface area (Å²) in [5.74, 6) is 0. The molecule has 1 heterocycles. The fourth-order valence-electron chi connectivity index (χ4n) is 2.22. The molecule has 2 rings (SSSR count). The lowest BCUT2D eigenvalue weighted by molar-refractivity contribution is 0.602. The van der Waals surface area contributed by atoms with E-state index in [1.165, 1.54) is 22.1 Å². The maximum Gasteiger partial charge on any atom is 0.0559 e. The van der Waals surface area contributed by atoms with Gasteiger partial charge in [0.05, 0.1) is 5.69 Å². The first-order valence-electron chi connectivity index (χ1n) is 5.98. The molecule has 0 fully saturated rings. The summed E-state index contributed by atoms with van der Waals surface area (Å²) in [6.45, 7) is 7.67. The number of nitrogens with zero attached hydrogens (tertiary/aromatic N) is 1. The van der Waals surface area contributed by atoms with Gasteiger partial charge < -0.3 is 10.2 Å². The Balaban J connectivity index is 2.42. The summed E-state index contributed by atoms with van der Waals surface area (Å²) in [6, 6.07) is 7.07. The van der Waals surface area contributed by atoms with E-state index >= 15 is 0 Å². The number of hydrogen-bond acceptors (Lipinski definition) is 2. The van der Waals surface area contributed by atoms with Crippen molar-refractivity contribution in [3.63, 3.8) is 0 Å². The molecule has 1 unspecified atom stereocenters. The Morgan fingerprint density at radius 2 is 2.31 bits per heavy atom. The van der Waals surface area contributed by atoms with Crippen LogP contribution in [-0.4, -0.2) is 19.1 Å². The molecule has 1 aliphatic heterocycles. The number of halogens is 1. The first kappa shape index (κ1) is 11.9. The summed E-state index contributed by atoms with van der Waals surface area (Å²) >= 11 is 3.69. The minimum atomic E-state index is 0.595. The van der Waals surface area contributed by atoms with Gasteiger partial charge in [-0.15, -0.1) is 0 Å². The molecule has 0 radical (unpaired) electrons. The smallest absolute Gasteiger partial charge is 0.0559 e. The monoisotopic (exact) mass is 282 g/mol. The lowest BCUT2D eigenvalue weighted by Crippen LogP contribution is -2.36. The van der Waals surface area contributed by atoms with Gasteiger partial charge >= 0.3 is 0 Å². The lowest BCUT2D eigenvalue weighted by Gasteiger charge is -2.31. The second kappa shape index (κ2) is 5.19. The number of nitrogens with one attached hydrogen (secondary N) is 1. The predicted molar refractivity (Wildman–Crippen MR) is 72.9 cm³/mol. The third kappa shape index (κ3) is 2.25. The van der Waals surface area contributed by atoms with Crippen LogP contribution in [0.3, 0.4) is 0 Å². The highest BCUT2D eigenvalue weighted by Gasteiger charge is 2.20. The Hall–Kier alpha value is -0.540. The van der Waals surface area contributed by atoms with Gasteiger partial charge in [-0.3, -0.25) is 0 Å². The van der Waals surface area contributed by atoms with Crippen LogP contribution in [0.4, 0.5) is 5.69 Å². The van der Waals surface area contributed by atoms with Gasteiger partial charge in [0.25, 0.3) is 0 Å². The van der Waals surface area contributed by atoms with Crippen LogP contribution in [0.2, 0.25) is 0 Å². The maximum atomic E-state index is 3.69. The van der Waals surface area contributed by atoms with Gasteiger partial charge in [-0.2, -0.15) is 0 Å². The average Bonchev–Trinajstić information content (AvgIpc) is 2.51. The van der Waals surface area contributed by atoms with E-state index in [0.717, 1.165) is 19.6 Å². The number of anilines is 1. The fraction of sp³-hybridized carbons (Fsp3) is 0.538. The van der Waals surface area contributed by atoms with E-state index in [2.05, 4.69) is 58.2 Å². The van der Waals surface area contributed by atoms with E-state index in [0.29, 0.717) is 6.04 Å². The van der Waals surface area contributed by atoms with Gasteiger partial charge in [0.1, 0.15) is 0 Å². The summed E-state index contributed by atoms with van der Waals surface area (Å²) in [7, 11) is 0. The molecule has 1 aromatic carbocycles. The van der Waals surface area contributed by atoms with Crippen molar-refractivity contribution >= 4 is 21.6 Å². The Morgan fingerprint density at radius 1 is 1.50 bits per heavy atom. The van der Waals surface area contributed by atoms with Crippen LogP contribution < -0.4 is 10.2 Å². The first-order chi connectivity index (χ1) is 7.74. The molecule has 0 amide bonds. The minimum absolute atomic E-state index is 0.595. The van der Waals surface area contributed by atoms with Crippen molar-refractivity contribution in [3.8, 4) is 0 Å². The molecule has 2 nitrogen and oxygen atoms in total. The zero-order valence-corrected chi connectivity index (χ0v) is 11.5. The highest BCUT2D eigenvalue weighted by atomic mass is 79.9. The number of benzene rings is 1. The first-order valence-corrected chi connectivity index (χ1v) is 6.78. The third-order valence-corrected chi connectivity index (χ3v) is 3.97. The predicted octanol–water partition coefficient (Wildman–Crippen LogP) is 3.16. The van der Waals surface area contributed by atoms with Crippen molar-refractivity contribution in [2.45, 2.75) is 32.9 Å². The minimum Gasteiger partial charge on any atom is -0.366 e. The molecule has 0 saturated carbocycles. The van der Waals surface area contributed by atoms with E-state index in [-0.39, 0.29) is 0 Å². The van der Waals surface area contributed by atoms with E-state index in [1.54, 1.807) is 0 Å². The van der Waals surface area contributed by atoms with Gasteiger partial charge in [0.15, 0.2) is 0 Å². The molecule has 1 aliphatic rings. The second-order valence-electron chi connectivity index (χ2n) is 4.38. The number of para-hydroxylation sites is 1. The Morgan fingerprint density at radius 3 is 3.06 bits per heavy atom. The highest BCUT2D eigenvalue weighted by molar-refractivity contribution is 9.10. The third-order valence-electron chi connectivity index (χ3n) is 3.33. The Labute approximate surface area is 106 Å². The fourth-order valence-corrected chi connectivity index (χ4v) is 2.85. The van der Waals surface area contributed by atoms with Crippen LogP contribution in [0.25, 0.3) is 0 Å². The normalized spacial score (nSPS) is 17.8. The van der Waals surface area contributed by atoms with Crippen molar-refractivity contribution in [2.24, 2.45) is 0 Å². The quantitative estimate of drug-likeness (QED) is 0.897. The van der Waals surface area contributed by atoms with Crippen molar-refractivity contribution < 1.29 is 0 Å². The molecule has 16 heavy (non-hydrogen) atoms. The van der Waals surface area contributed by atoms with Crippen molar-refractivity contribution in [2.75, 3.05) is 18.0 Å². The molecule has 1 aromatic rings. The summed E-state index contributed by atoms with van der Waals surface area (Å²) in [4.78, 5) is 2.51. The topological polar surface area (TPSA) is 15.3 Å². The summed E-state index contributed by atoms with van der Waals surface area (Å²) in [6.07, 6.45) is 1.18. The molecule has 0 bridgehead atoms. The van der Waals surface area contributed by atoms with Crippen LogP contribution >= 0.6 is 15.9 Å². The molecule has 0 aromatic heterocycles. The van der Waals surface area contributed by atoms with Crippen molar-refractivity contribution in [3.05, 3.63) is 28.2 Å². The molecule has 1 atom stereocenters. The van der Waals surface area contributed by atoms with Gasteiger partial charge in [0.2, 0.25) is 0 Å². The van der Waals surface area contributed by atoms with E-state index in [1.807, 2.05) is 0 Å². The van der Waals surface area contributed by atoms with Gasteiger partial charge in [-0.05, 0) is 40.9 Å². The molecular formula is C13H19BrN2. The molecule has 0 saturated heterocycles. The molecule has 1 N–H and O–H groups in total. The summed E-state index contributed by atoms with van der Waals surface area (Å²) in [5, 5.41) is 3.48. The molecule has 88 valence electrons. The van der Waals surface area contributed by atoms with Crippen LogP contribution in [0.15, 0.2) is 22.7 Å². The van der Waals surface area contributed by atoms with E-state index < -0.39 is 0 Å². The largest absolute Gasteiger partial charge is 0.366 e. The Kier molecular flexibility index (Phi) is 3.87. The average molecular weight is 283 g/mol. The summed E-state index contributed by atoms with van der Waals surface area (Å²) in [5.41, 5.74) is 2.77. The maximum absolute atomic E-state index is 3.69. The number of hydrogen-bond donors (Lipinski definition) is 1. The lowest BCUT2D eigenvalue weighted by atomic mass is 10.1.